The van der Waals surface area contributed by atoms with Crippen LogP contribution in [0.15, 0.2) is 23.8 Å². The first-order valence-corrected chi connectivity index (χ1v) is 8.98. The van der Waals surface area contributed by atoms with Crippen LogP contribution in [0.4, 0.5) is 0 Å². The summed E-state index contributed by atoms with van der Waals surface area (Å²) < 4.78 is 0. The van der Waals surface area contributed by atoms with Crippen molar-refractivity contribution in [2.45, 2.75) is 78.1 Å². The molecule has 2 aliphatic carbocycles. The van der Waals surface area contributed by atoms with Crippen LogP contribution in [0, 0.1) is 23.2 Å². The number of fused-ring (bicyclic) bond motifs is 1. The summed E-state index contributed by atoms with van der Waals surface area (Å²) in [5, 5.41) is 31.7. The van der Waals surface area contributed by atoms with Crippen LogP contribution >= 0.6 is 0 Å². The number of aliphatic hydroxyl groups is 3. The highest BCUT2D eigenvalue weighted by Crippen LogP contribution is 2.54. The molecule has 0 heterocycles. The average molecular weight is 322 g/mol. The minimum Gasteiger partial charge on any atom is -0.392 e. The summed E-state index contributed by atoms with van der Waals surface area (Å²) in [7, 11) is 0. The summed E-state index contributed by atoms with van der Waals surface area (Å²) in [5.74, 6) is 0.411. The molecule has 6 atom stereocenters. The predicted molar refractivity (Wildman–Crippen MR) is 93.9 cm³/mol. The van der Waals surface area contributed by atoms with Gasteiger partial charge in [0.2, 0.25) is 0 Å². The molecule has 0 radical (unpaired) electrons. The molecule has 0 aromatic rings. The Labute approximate surface area is 141 Å². The Morgan fingerprint density at radius 2 is 1.91 bits per heavy atom. The van der Waals surface area contributed by atoms with Gasteiger partial charge >= 0.3 is 0 Å². The zero-order valence-corrected chi connectivity index (χ0v) is 15.3. The van der Waals surface area contributed by atoms with E-state index in [0.29, 0.717) is 18.8 Å². The molecular weight excluding hydrogens is 288 g/mol. The summed E-state index contributed by atoms with van der Waals surface area (Å²) in [6, 6.07) is 0. The van der Waals surface area contributed by atoms with E-state index in [0.717, 1.165) is 18.4 Å². The van der Waals surface area contributed by atoms with Crippen molar-refractivity contribution < 1.29 is 15.3 Å². The van der Waals surface area contributed by atoms with Gasteiger partial charge < -0.3 is 15.3 Å². The molecule has 0 saturated heterocycles. The van der Waals surface area contributed by atoms with Gasteiger partial charge in [-0.1, -0.05) is 37.6 Å². The van der Waals surface area contributed by atoms with Gasteiger partial charge in [-0.15, -0.1) is 0 Å². The van der Waals surface area contributed by atoms with Crippen LogP contribution in [0.25, 0.3) is 0 Å². The van der Waals surface area contributed by atoms with Crippen molar-refractivity contribution in [3.63, 3.8) is 0 Å². The van der Waals surface area contributed by atoms with Crippen LogP contribution in [-0.4, -0.2) is 33.1 Å². The second-order valence-corrected chi connectivity index (χ2v) is 8.75. The van der Waals surface area contributed by atoms with Crippen LogP contribution in [0.2, 0.25) is 0 Å². The normalized spacial score (nSPS) is 42.8. The number of allylic oxidation sites excluding steroid dienone is 2. The van der Waals surface area contributed by atoms with E-state index in [1.54, 1.807) is 0 Å². The summed E-state index contributed by atoms with van der Waals surface area (Å²) in [6.07, 6.45) is 8.53. The summed E-state index contributed by atoms with van der Waals surface area (Å²) in [6.45, 7) is 10.0. The molecule has 0 aromatic carbocycles. The molecule has 6 unspecified atom stereocenters. The molecule has 3 heteroatoms. The Bertz CT molecular complexity index is 474. The van der Waals surface area contributed by atoms with Gasteiger partial charge in [-0.3, -0.25) is 0 Å². The molecule has 0 amide bonds. The molecule has 3 nitrogen and oxygen atoms in total. The predicted octanol–water partition coefficient (Wildman–Crippen LogP) is 3.44. The molecule has 3 N–H and O–H groups in total. The third-order valence-corrected chi connectivity index (χ3v) is 5.94. The van der Waals surface area contributed by atoms with Crippen LogP contribution in [0.1, 0.15) is 60.3 Å². The Morgan fingerprint density at radius 3 is 2.52 bits per heavy atom. The fraction of sp³-hybridized carbons (Fsp3) is 0.800. The maximum atomic E-state index is 10.9. The van der Waals surface area contributed by atoms with Crippen molar-refractivity contribution in [3.8, 4) is 0 Å². The molecular formula is C20H34O3. The van der Waals surface area contributed by atoms with Crippen molar-refractivity contribution >= 4 is 0 Å². The molecule has 0 bridgehead atoms. The lowest BCUT2D eigenvalue weighted by molar-refractivity contribution is -0.0509. The van der Waals surface area contributed by atoms with E-state index in [1.165, 1.54) is 0 Å². The lowest BCUT2D eigenvalue weighted by Gasteiger charge is -2.40. The lowest BCUT2D eigenvalue weighted by Crippen LogP contribution is -2.43. The minimum absolute atomic E-state index is 0.0320. The zero-order chi connectivity index (χ0) is 17.4. The first-order chi connectivity index (χ1) is 10.5. The third kappa shape index (κ3) is 4.26. The Morgan fingerprint density at radius 1 is 1.26 bits per heavy atom. The second-order valence-electron chi connectivity index (χ2n) is 8.75. The van der Waals surface area contributed by atoms with Crippen molar-refractivity contribution in [2.75, 3.05) is 0 Å². The summed E-state index contributed by atoms with van der Waals surface area (Å²) >= 11 is 0. The van der Waals surface area contributed by atoms with Crippen LogP contribution in [0.5, 0.6) is 0 Å². The van der Waals surface area contributed by atoms with Gasteiger partial charge in [-0.05, 0) is 69.6 Å². The molecule has 0 aliphatic heterocycles. The van der Waals surface area contributed by atoms with Gasteiger partial charge in [0, 0.05) is 0 Å². The van der Waals surface area contributed by atoms with Crippen molar-refractivity contribution in [1.82, 2.24) is 0 Å². The monoisotopic (exact) mass is 322 g/mol. The van der Waals surface area contributed by atoms with Gasteiger partial charge in [0.25, 0.3) is 0 Å². The quantitative estimate of drug-likeness (QED) is 0.648. The highest BCUT2D eigenvalue weighted by Gasteiger charge is 2.51. The number of rotatable bonds is 1. The molecule has 23 heavy (non-hydrogen) atoms. The maximum absolute atomic E-state index is 10.9. The van der Waals surface area contributed by atoms with Gasteiger partial charge in [-0.25, -0.2) is 0 Å². The smallest absolute Gasteiger partial charge is 0.0728 e. The van der Waals surface area contributed by atoms with Gasteiger partial charge in [0.15, 0.2) is 0 Å². The average Bonchev–Trinajstić information content (AvgIpc) is 2.73. The topological polar surface area (TPSA) is 60.7 Å². The largest absolute Gasteiger partial charge is 0.392 e. The molecule has 0 aromatic heterocycles. The summed E-state index contributed by atoms with van der Waals surface area (Å²) in [5.41, 5.74) is 0.136. The van der Waals surface area contributed by atoms with Crippen LogP contribution in [0.3, 0.4) is 0 Å². The lowest BCUT2D eigenvalue weighted by atomic mass is 9.68. The van der Waals surface area contributed by atoms with Gasteiger partial charge in [0.05, 0.1) is 17.8 Å². The third-order valence-electron chi connectivity index (χ3n) is 5.94. The first kappa shape index (κ1) is 18.7. The number of hydrogen-bond donors (Lipinski definition) is 3. The van der Waals surface area contributed by atoms with E-state index < -0.39 is 17.8 Å². The highest BCUT2D eigenvalue weighted by molar-refractivity contribution is 5.15. The molecule has 2 rings (SSSR count). The molecule has 132 valence electrons. The second kappa shape index (κ2) is 6.70. The first-order valence-electron chi connectivity index (χ1n) is 8.98. The molecule has 0 spiro atoms. The number of hydrogen-bond acceptors (Lipinski definition) is 3. The van der Waals surface area contributed by atoms with E-state index in [4.69, 9.17) is 0 Å². The maximum Gasteiger partial charge on any atom is 0.0728 e. The zero-order valence-electron chi connectivity index (χ0n) is 15.3. The Kier molecular flexibility index (Phi) is 5.44. The molecule has 2 aliphatic rings. The fourth-order valence-corrected chi connectivity index (χ4v) is 4.73. The Hall–Kier alpha value is -0.640. The van der Waals surface area contributed by atoms with E-state index >= 15 is 0 Å². The van der Waals surface area contributed by atoms with E-state index in [9.17, 15) is 15.3 Å². The minimum atomic E-state index is -0.791. The van der Waals surface area contributed by atoms with Crippen molar-refractivity contribution in [1.29, 1.82) is 0 Å². The van der Waals surface area contributed by atoms with Gasteiger partial charge in [0.1, 0.15) is 0 Å². The van der Waals surface area contributed by atoms with E-state index in [2.05, 4.69) is 26.0 Å². The van der Waals surface area contributed by atoms with E-state index in [-0.39, 0.29) is 17.3 Å². The standard InChI is InChI=1S/C20H34O3/c1-13-6-8-20(5)9-7-16(19(3,4)23)18(20)17(22)12-14(2)11-15(21)10-13/h6,8,11,13,15-18,21-23H,7,9-10,12H2,1-5H3. The van der Waals surface area contributed by atoms with Crippen molar-refractivity contribution in [2.24, 2.45) is 23.2 Å². The Balaban J connectivity index is 2.41. The van der Waals surface area contributed by atoms with Crippen molar-refractivity contribution in [3.05, 3.63) is 23.8 Å². The summed E-state index contributed by atoms with van der Waals surface area (Å²) in [4.78, 5) is 0. The van der Waals surface area contributed by atoms with Crippen LogP contribution in [-0.2, 0) is 0 Å². The molecule has 1 fully saturated rings. The van der Waals surface area contributed by atoms with E-state index in [1.807, 2.05) is 26.8 Å². The number of aliphatic hydroxyl groups excluding tert-OH is 2. The van der Waals surface area contributed by atoms with Gasteiger partial charge in [-0.2, -0.15) is 0 Å². The van der Waals surface area contributed by atoms with Crippen LogP contribution < -0.4 is 0 Å². The SMILES string of the molecule is CC1=CC(O)CC(C)C=CC2(C)CCC(C(C)(C)O)C2C(O)C1. The fourth-order valence-electron chi connectivity index (χ4n) is 4.73. The highest BCUT2D eigenvalue weighted by atomic mass is 16.3. The molecule has 1 saturated carbocycles.